The van der Waals surface area contributed by atoms with Crippen LogP contribution in [0.5, 0.6) is 0 Å². The van der Waals surface area contributed by atoms with Crippen molar-refractivity contribution in [1.29, 1.82) is 0 Å². The SMILES string of the molecule is CC1(Cc2ccncc2Cl)CNC1. The largest absolute Gasteiger partial charge is 0.316 e. The quantitative estimate of drug-likeness (QED) is 0.782. The Kier molecular flexibility index (Phi) is 2.26. The van der Waals surface area contributed by atoms with E-state index in [2.05, 4.69) is 17.2 Å². The fourth-order valence-electron chi connectivity index (χ4n) is 1.68. The fourth-order valence-corrected chi connectivity index (χ4v) is 1.87. The highest BCUT2D eigenvalue weighted by molar-refractivity contribution is 6.31. The molecular weight excluding hydrogens is 184 g/mol. The minimum absolute atomic E-state index is 0.394. The normalized spacial score (nSPS) is 19.5. The van der Waals surface area contributed by atoms with Crippen LogP contribution in [0.4, 0.5) is 0 Å². The molecule has 0 radical (unpaired) electrons. The second-order valence-corrected chi connectivity index (χ2v) is 4.47. The number of nitrogens with zero attached hydrogens (tertiary/aromatic N) is 1. The van der Waals surface area contributed by atoms with Gasteiger partial charge in [-0.05, 0) is 23.5 Å². The average Bonchev–Trinajstić information content (AvgIpc) is 2.06. The third-order valence-electron chi connectivity index (χ3n) is 2.58. The molecule has 1 aliphatic rings. The Morgan fingerprint density at radius 1 is 1.62 bits per heavy atom. The van der Waals surface area contributed by atoms with Gasteiger partial charge in [0.1, 0.15) is 0 Å². The van der Waals surface area contributed by atoms with Crippen LogP contribution in [0.3, 0.4) is 0 Å². The summed E-state index contributed by atoms with van der Waals surface area (Å²) in [6.45, 7) is 4.46. The summed E-state index contributed by atoms with van der Waals surface area (Å²) >= 11 is 6.03. The standard InChI is InChI=1S/C10H13ClN2/c1-10(6-13-7-10)4-8-2-3-12-5-9(8)11/h2-3,5,13H,4,6-7H2,1H3. The van der Waals surface area contributed by atoms with E-state index in [0.29, 0.717) is 5.41 Å². The number of halogens is 1. The minimum Gasteiger partial charge on any atom is -0.316 e. The highest BCUT2D eigenvalue weighted by Gasteiger charge is 2.31. The van der Waals surface area contributed by atoms with Crippen LogP contribution in [-0.2, 0) is 6.42 Å². The lowest BCUT2D eigenvalue weighted by atomic mass is 9.78. The lowest BCUT2D eigenvalue weighted by Crippen LogP contribution is -2.52. The molecule has 1 N–H and O–H groups in total. The Bertz CT molecular complexity index is 308. The maximum Gasteiger partial charge on any atom is 0.0621 e. The molecule has 1 fully saturated rings. The second-order valence-electron chi connectivity index (χ2n) is 4.06. The van der Waals surface area contributed by atoms with Crippen LogP contribution in [0, 0.1) is 5.41 Å². The summed E-state index contributed by atoms with van der Waals surface area (Å²) in [7, 11) is 0. The van der Waals surface area contributed by atoms with E-state index in [9.17, 15) is 0 Å². The lowest BCUT2D eigenvalue weighted by molar-refractivity contribution is 0.195. The van der Waals surface area contributed by atoms with Gasteiger partial charge >= 0.3 is 0 Å². The minimum atomic E-state index is 0.394. The molecule has 1 aliphatic heterocycles. The molecule has 2 nitrogen and oxygen atoms in total. The van der Waals surface area contributed by atoms with Crippen molar-refractivity contribution in [2.45, 2.75) is 13.3 Å². The van der Waals surface area contributed by atoms with Gasteiger partial charge in [0, 0.05) is 25.5 Å². The monoisotopic (exact) mass is 196 g/mol. The van der Waals surface area contributed by atoms with Crippen LogP contribution in [0.15, 0.2) is 18.5 Å². The summed E-state index contributed by atoms with van der Waals surface area (Å²) in [6, 6.07) is 2.01. The van der Waals surface area contributed by atoms with Crippen LogP contribution < -0.4 is 5.32 Å². The van der Waals surface area contributed by atoms with E-state index in [0.717, 1.165) is 24.5 Å². The van der Waals surface area contributed by atoms with Crippen LogP contribution in [0.1, 0.15) is 12.5 Å². The second kappa shape index (κ2) is 3.28. The van der Waals surface area contributed by atoms with Crippen molar-refractivity contribution in [1.82, 2.24) is 10.3 Å². The van der Waals surface area contributed by atoms with Gasteiger partial charge in [0.25, 0.3) is 0 Å². The maximum atomic E-state index is 6.03. The number of hydrogen-bond donors (Lipinski definition) is 1. The molecule has 0 bridgehead atoms. The fraction of sp³-hybridized carbons (Fsp3) is 0.500. The zero-order valence-electron chi connectivity index (χ0n) is 7.68. The van der Waals surface area contributed by atoms with Crippen molar-refractivity contribution in [3.05, 3.63) is 29.0 Å². The molecule has 1 saturated heterocycles. The van der Waals surface area contributed by atoms with Gasteiger partial charge in [-0.25, -0.2) is 0 Å². The molecule has 1 aromatic rings. The van der Waals surface area contributed by atoms with Crippen LogP contribution >= 0.6 is 11.6 Å². The summed E-state index contributed by atoms with van der Waals surface area (Å²) < 4.78 is 0. The summed E-state index contributed by atoms with van der Waals surface area (Å²) in [5.74, 6) is 0. The number of nitrogens with one attached hydrogen (secondary N) is 1. The summed E-state index contributed by atoms with van der Waals surface area (Å²) in [6.07, 6.45) is 4.56. The van der Waals surface area contributed by atoms with Gasteiger partial charge in [0.2, 0.25) is 0 Å². The summed E-state index contributed by atoms with van der Waals surface area (Å²) in [4.78, 5) is 3.97. The maximum absolute atomic E-state index is 6.03. The zero-order valence-corrected chi connectivity index (χ0v) is 8.43. The predicted octanol–water partition coefficient (Wildman–Crippen LogP) is 1.89. The molecule has 0 spiro atoms. The van der Waals surface area contributed by atoms with E-state index in [4.69, 9.17) is 11.6 Å². The van der Waals surface area contributed by atoms with Crippen LogP contribution in [-0.4, -0.2) is 18.1 Å². The molecule has 0 amide bonds. The molecular formula is C10H13ClN2. The molecule has 2 rings (SSSR count). The molecule has 1 aromatic heterocycles. The predicted molar refractivity (Wildman–Crippen MR) is 53.9 cm³/mol. The third kappa shape index (κ3) is 1.84. The molecule has 13 heavy (non-hydrogen) atoms. The number of rotatable bonds is 2. The first-order valence-electron chi connectivity index (χ1n) is 4.49. The average molecular weight is 197 g/mol. The summed E-state index contributed by atoms with van der Waals surface area (Å²) in [5.41, 5.74) is 1.60. The number of pyridine rings is 1. The third-order valence-corrected chi connectivity index (χ3v) is 2.92. The Labute approximate surface area is 83.3 Å². The first kappa shape index (κ1) is 8.97. The van der Waals surface area contributed by atoms with Crippen LogP contribution in [0.2, 0.25) is 5.02 Å². The van der Waals surface area contributed by atoms with Crippen molar-refractivity contribution in [3.63, 3.8) is 0 Å². The van der Waals surface area contributed by atoms with Crippen molar-refractivity contribution < 1.29 is 0 Å². The topological polar surface area (TPSA) is 24.9 Å². The van der Waals surface area contributed by atoms with Gasteiger partial charge in [-0.2, -0.15) is 0 Å². The van der Waals surface area contributed by atoms with E-state index < -0.39 is 0 Å². The Hall–Kier alpha value is -0.600. The lowest BCUT2D eigenvalue weighted by Gasteiger charge is -2.39. The van der Waals surface area contributed by atoms with Crippen molar-refractivity contribution in [3.8, 4) is 0 Å². The number of hydrogen-bond acceptors (Lipinski definition) is 2. The molecule has 0 unspecified atom stereocenters. The smallest absolute Gasteiger partial charge is 0.0621 e. The first-order chi connectivity index (χ1) is 6.20. The van der Waals surface area contributed by atoms with E-state index >= 15 is 0 Å². The van der Waals surface area contributed by atoms with Gasteiger partial charge < -0.3 is 5.32 Å². The number of aromatic nitrogens is 1. The molecule has 3 heteroatoms. The zero-order chi connectivity index (χ0) is 9.31. The molecule has 0 atom stereocenters. The van der Waals surface area contributed by atoms with Gasteiger partial charge in [0.05, 0.1) is 5.02 Å². The van der Waals surface area contributed by atoms with Crippen molar-refractivity contribution in [2.75, 3.05) is 13.1 Å². The van der Waals surface area contributed by atoms with Gasteiger partial charge in [-0.15, -0.1) is 0 Å². The van der Waals surface area contributed by atoms with Gasteiger partial charge in [-0.1, -0.05) is 18.5 Å². The molecule has 0 aromatic carbocycles. The Morgan fingerprint density at radius 2 is 2.38 bits per heavy atom. The highest BCUT2D eigenvalue weighted by atomic mass is 35.5. The molecule has 0 aliphatic carbocycles. The Morgan fingerprint density at radius 3 is 2.92 bits per heavy atom. The van der Waals surface area contributed by atoms with E-state index in [-0.39, 0.29) is 0 Å². The van der Waals surface area contributed by atoms with E-state index in [1.54, 1.807) is 12.4 Å². The summed E-state index contributed by atoms with van der Waals surface area (Å²) in [5, 5.41) is 4.07. The molecule has 2 heterocycles. The molecule has 70 valence electrons. The van der Waals surface area contributed by atoms with Crippen molar-refractivity contribution in [2.24, 2.45) is 5.41 Å². The van der Waals surface area contributed by atoms with Crippen LogP contribution in [0.25, 0.3) is 0 Å². The molecule has 0 saturated carbocycles. The van der Waals surface area contributed by atoms with Gasteiger partial charge in [0.15, 0.2) is 0 Å². The Balaban J connectivity index is 2.13. The highest BCUT2D eigenvalue weighted by Crippen LogP contribution is 2.29. The van der Waals surface area contributed by atoms with E-state index in [1.165, 1.54) is 5.56 Å². The first-order valence-corrected chi connectivity index (χ1v) is 4.87. The van der Waals surface area contributed by atoms with Gasteiger partial charge in [-0.3, -0.25) is 4.98 Å². The van der Waals surface area contributed by atoms with Crippen molar-refractivity contribution >= 4 is 11.6 Å². The van der Waals surface area contributed by atoms with E-state index in [1.807, 2.05) is 6.07 Å².